The van der Waals surface area contributed by atoms with E-state index in [4.69, 9.17) is 10.5 Å². The first kappa shape index (κ1) is 24.5. The van der Waals surface area contributed by atoms with Crippen molar-refractivity contribution in [3.05, 3.63) is 83.6 Å². The van der Waals surface area contributed by atoms with Crippen molar-refractivity contribution in [2.75, 3.05) is 6.61 Å². The van der Waals surface area contributed by atoms with Crippen LogP contribution in [0, 0.1) is 5.82 Å². The molecule has 0 fully saturated rings. The lowest BCUT2D eigenvalue weighted by Crippen LogP contribution is -2.40. The summed E-state index contributed by atoms with van der Waals surface area (Å²) < 4.78 is 19.4. The highest BCUT2D eigenvalue weighted by molar-refractivity contribution is 5.98. The Morgan fingerprint density at radius 2 is 1.95 bits per heavy atom. The second-order valence-corrected chi connectivity index (χ2v) is 9.70. The zero-order chi connectivity index (χ0) is 26.4. The van der Waals surface area contributed by atoms with Crippen molar-refractivity contribution < 1.29 is 23.8 Å². The molecule has 0 radical (unpaired) electrons. The third-order valence-electron chi connectivity index (χ3n) is 6.90. The Kier molecular flexibility index (Phi) is 5.95. The van der Waals surface area contributed by atoms with Crippen molar-refractivity contribution in [2.45, 2.75) is 37.7 Å². The van der Waals surface area contributed by atoms with Crippen molar-refractivity contribution in [1.82, 2.24) is 15.0 Å². The van der Waals surface area contributed by atoms with Crippen LogP contribution in [0.25, 0.3) is 22.3 Å². The molecule has 0 saturated carbocycles. The minimum Gasteiger partial charge on any atom is -0.489 e. The summed E-state index contributed by atoms with van der Waals surface area (Å²) in [6, 6.07) is 12.6. The largest absolute Gasteiger partial charge is 0.489 e. The Bertz CT molecular complexity index is 1540. The van der Waals surface area contributed by atoms with E-state index in [2.05, 4.69) is 15.0 Å². The van der Waals surface area contributed by atoms with Crippen LogP contribution in [0.4, 0.5) is 4.39 Å². The average Bonchev–Trinajstić information content (AvgIpc) is 3.25. The quantitative estimate of drug-likeness (QED) is 0.369. The number of rotatable bonds is 7. The van der Waals surface area contributed by atoms with E-state index in [0.717, 1.165) is 5.39 Å². The normalized spacial score (nSPS) is 18.2. The molecule has 37 heavy (non-hydrogen) atoms. The highest BCUT2D eigenvalue weighted by Gasteiger charge is 2.45. The van der Waals surface area contributed by atoms with Crippen LogP contribution in [0.2, 0.25) is 0 Å². The van der Waals surface area contributed by atoms with E-state index < -0.39 is 22.7 Å². The summed E-state index contributed by atoms with van der Waals surface area (Å²) in [7, 11) is 0. The number of hydrogen-bond donors (Lipinski definition) is 2. The van der Waals surface area contributed by atoms with Crippen LogP contribution >= 0.6 is 0 Å². The van der Waals surface area contributed by atoms with E-state index in [-0.39, 0.29) is 30.9 Å². The fraction of sp³-hybridized carbons (Fsp3) is 0.250. The summed E-state index contributed by atoms with van der Waals surface area (Å²) >= 11 is 0. The summed E-state index contributed by atoms with van der Waals surface area (Å²) in [5, 5.41) is 12.2. The van der Waals surface area contributed by atoms with Gasteiger partial charge in [0.05, 0.1) is 5.69 Å². The number of aliphatic hydroxyl groups is 1. The number of primary amides is 1. The summed E-state index contributed by atoms with van der Waals surface area (Å²) in [6.45, 7) is 3.24. The Morgan fingerprint density at radius 1 is 1.19 bits per heavy atom. The van der Waals surface area contributed by atoms with E-state index in [9.17, 15) is 19.1 Å². The molecule has 5 rings (SSSR count). The molecule has 1 aliphatic heterocycles. The van der Waals surface area contributed by atoms with Crippen LogP contribution in [0.5, 0.6) is 5.75 Å². The number of hydrogen-bond acceptors (Lipinski definition) is 7. The number of nitrogens with two attached hydrogens (primary N) is 1. The maximum atomic E-state index is 13.6. The number of carbonyl (C=O) groups excluding carboxylic acids is 2. The van der Waals surface area contributed by atoms with Crippen LogP contribution in [-0.2, 0) is 15.8 Å². The first-order chi connectivity index (χ1) is 17.6. The van der Waals surface area contributed by atoms with E-state index >= 15 is 0 Å². The molecule has 1 aliphatic rings. The Balaban J connectivity index is 1.49. The Hall–Kier alpha value is -4.24. The molecule has 8 nitrogen and oxygen atoms in total. The predicted molar refractivity (Wildman–Crippen MR) is 134 cm³/mol. The van der Waals surface area contributed by atoms with Gasteiger partial charge in [0, 0.05) is 40.9 Å². The molecule has 3 aromatic heterocycles. The molecule has 4 aromatic rings. The second kappa shape index (κ2) is 9.01. The average molecular weight is 501 g/mol. The van der Waals surface area contributed by atoms with Gasteiger partial charge in [0.25, 0.3) is 0 Å². The van der Waals surface area contributed by atoms with Gasteiger partial charge >= 0.3 is 0 Å². The molecule has 1 amide bonds. The van der Waals surface area contributed by atoms with Gasteiger partial charge in [0.15, 0.2) is 11.4 Å². The number of aromatic nitrogens is 3. The van der Waals surface area contributed by atoms with Gasteiger partial charge < -0.3 is 15.6 Å². The molecule has 0 bridgehead atoms. The fourth-order valence-electron chi connectivity index (χ4n) is 4.41. The number of fused-ring (bicyclic) bond motifs is 2. The molecular formula is C28H25FN4O4. The topological polar surface area (TPSA) is 128 Å². The van der Waals surface area contributed by atoms with Gasteiger partial charge in [0.2, 0.25) is 5.91 Å². The summed E-state index contributed by atoms with van der Waals surface area (Å²) in [5.74, 6) is -0.825. The first-order valence-corrected chi connectivity index (χ1v) is 11.8. The molecule has 0 unspecified atom stereocenters. The van der Waals surface area contributed by atoms with Gasteiger partial charge in [-0.1, -0.05) is 0 Å². The van der Waals surface area contributed by atoms with Gasteiger partial charge in [-0.05, 0) is 68.8 Å². The van der Waals surface area contributed by atoms with E-state index in [1.807, 2.05) is 6.07 Å². The van der Waals surface area contributed by atoms with E-state index in [0.29, 0.717) is 33.8 Å². The lowest BCUT2D eigenvalue weighted by molar-refractivity contribution is -0.123. The highest BCUT2D eigenvalue weighted by Crippen LogP contribution is 2.45. The minimum atomic E-state index is -1.54. The molecule has 0 spiro atoms. The molecule has 9 heteroatoms. The van der Waals surface area contributed by atoms with Gasteiger partial charge in [-0.15, -0.1) is 0 Å². The number of nitrogens with zero attached hydrogens (tertiary/aromatic N) is 3. The van der Waals surface area contributed by atoms with Crippen LogP contribution in [0.1, 0.15) is 48.3 Å². The monoisotopic (exact) mass is 500 g/mol. The molecule has 0 aliphatic carbocycles. The predicted octanol–water partition coefficient (Wildman–Crippen LogP) is 3.84. The zero-order valence-corrected chi connectivity index (χ0v) is 20.4. The maximum absolute atomic E-state index is 13.6. The van der Waals surface area contributed by atoms with E-state index in [1.165, 1.54) is 18.3 Å². The smallest absolute Gasteiger partial charge is 0.231 e. The molecule has 3 N–H and O–H groups in total. The van der Waals surface area contributed by atoms with Crippen LogP contribution < -0.4 is 10.5 Å². The lowest BCUT2D eigenvalue weighted by Gasteiger charge is -2.26. The van der Waals surface area contributed by atoms with Gasteiger partial charge in [-0.25, -0.2) is 19.3 Å². The number of Topliss-reactive ketones (excluding diaryl/α,β-unsaturated/α-hetero) is 1. The van der Waals surface area contributed by atoms with Crippen LogP contribution in [0.15, 0.2) is 60.9 Å². The van der Waals surface area contributed by atoms with Crippen molar-refractivity contribution in [3.8, 4) is 17.0 Å². The van der Waals surface area contributed by atoms with Crippen LogP contribution in [-0.4, -0.2) is 38.4 Å². The number of amides is 1. The van der Waals surface area contributed by atoms with Crippen molar-refractivity contribution in [3.63, 3.8) is 0 Å². The molecule has 1 aromatic carbocycles. The number of ether oxygens (including phenoxy) is 1. The Labute approximate surface area is 212 Å². The molecular weight excluding hydrogens is 475 g/mol. The number of pyridine rings is 3. The highest BCUT2D eigenvalue weighted by atomic mass is 19.1. The number of carbonyl (C=O) groups is 2. The molecule has 2 atom stereocenters. The lowest BCUT2D eigenvalue weighted by atomic mass is 9.81. The number of ketones is 1. The van der Waals surface area contributed by atoms with Gasteiger partial charge in [-0.3, -0.25) is 9.59 Å². The van der Waals surface area contributed by atoms with Crippen molar-refractivity contribution >= 4 is 22.7 Å². The molecule has 188 valence electrons. The fourth-order valence-corrected chi connectivity index (χ4v) is 4.41. The minimum absolute atomic E-state index is 0.0153. The van der Waals surface area contributed by atoms with Crippen molar-refractivity contribution in [2.24, 2.45) is 5.73 Å². The second-order valence-electron chi connectivity index (χ2n) is 9.70. The number of benzene rings is 1. The van der Waals surface area contributed by atoms with E-state index in [1.54, 1.807) is 50.4 Å². The third-order valence-corrected chi connectivity index (χ3v) is 6.90. The molecule has 0 saturated heterocycles. The first-order valence-electron chi connectivity index (χ1n) is 11.8. The van der Waals surface area contributed by atoms with Crippen molar-refractivity contribution in [1.29, 1.82) is 0 Å². The number of halogens is 1. The summed E-state index contributed by atoms with van der Waals surface area (Å²) in [6.07, 6.45) is 3.18. The summed E-state index contributed by atoms with van der Waals surface area (Å²) in [4.78, 5) is 38.4. The summed E-state index contributed by atoms with van der Waals surface area (Å²) in [5.41, 5.74) is 5.64. The zero-order valence-electron chi connectivity index (χ0n) is 20.4. The SMILES string of the molecule is C[C@](O)(CCC(=O)c1cnc2ncccc2c1)c1cc2c(c(-c3ccc(F)cc3)n1)OC[C@]2(C)C(N)=O. The molecule has 4 heterocycles. The standard InChI is InChI=1S/C28H25FN4O4/c1-27(26(30)35)15-37-24-20(27)13-22(33-23(24)16-5-7-19(29)8-6-16)28(2,36)10-9-21(34)18-12-17-4-3-11-31-25(17)32-14-18/h3-8,11-14,36H,9-10,15H2,1-2H3,(H2,30,35)/t27-,28-/m0/s1. The van der Waals surface area contributed by atoms with Gasteiger partial charge in [-0.2, -0.15) is 0 Å². The Morgan fingerprint density at radius 3 is 2.68 bits per heavy atom. The maximum Gasteiger partial charge on any atom is 0.231 e. The third kappa shape index (κ3) is 4.42. The van der Waals surface area contributed by atoms with Gasteiger partial charge in [0.1, 0.15) is 34.9 Å². The van der Waals surface area contributed by atoms with Crippen LogP contribution in [0.3, 0.4) is 0 Å².